The van der Waals surface area contributed by atoms with Crippen molar-refractivity contribution in [1.29, 1.82) is 0 Å². The maximum Gasteiger partial charge on any atom is 0.242 e. The van der Waals surface area contributed by atoms with E-state index in [-0.39, 0.29) is 51.0 Å². The number of halogens is 1. The molecule has 0 aliphatic carbocycles. The second kappa shape index (κ2) is 12.8. The monoisotopic (exact) mass is 569 g/mol. The van der Waals surface area contributed by atoms with E-state index in [1.807, 2.05) is 30.3 Å². The number of carbonyl (C=O) groups is 2. The SMILES string of the molecule is CNC(=O)C(Cc1ccccc1)N(Cc1ccc(F)cc1)C(=O)CCCN(c1ccc2c(c1)OCO2)S(C)(=O)=O. The van der Waals surface area contributed by atoms with Crippen LogP contribution in [0, 0.1) is 5.82 Å². The lowest BCUT2D eigenvalue weighted by Crippen LogP contribution is -2.49. The lowest BCUT2D eigenvalue weighted by atomic mass is 10.0. The van der Waals surface area contributed by atoms with E-state index < -0.39 is 21.9 Å². The smallest absolute Gasteiger partial charge is 0.242 e. The summed E-state index contributed by atoms with van der Waals surface area (Å²) in [5, 5.41) is 2.65. The Kier molecular flexibility index (Phi) is 9.26. The van der Waals surface area contributed by atoms with Crippen LogP contribution in [0.15, 0.2) is 72.8 Å². The predicted molar refractivity (Wildman–Crippen MR) is 149 cm³/mol. The van der Waals surface area contributed by atoms with Gasteiger partial charge in [0, 0.05) is 39.0 Å². The molecule has 1 aliphatic heterocycles. The summed E-state index contributed by atoms with van der Waals surface area (Å²) in [5.74, 6) is -0.0897. The molecule has 3 aromatic carbocycles. The number of hydrogen-bond donors (Lipinski definition) is 1. The zero-order valence-corrected chi connectivity index (χ0v) is 23.2. The van der Waals surface area contributed by atoms with E-state index in [2.05, 4.69) is 5.32 Å². The molecular weight excluding hydrogens is 537 g/mol. The average Bonchev–Trinajstić information content (AvgIpc) is 3.41. The van der Waals surface area contributed by atoms with Crippen LogP contribution in [0.4, 0.5) is 10.1 Å². The predicted octanol–water partition coefficient (Wildman–Crippen LogP) is 3.49. The van der Waals surface area contributed by atoms with Crippen LogP contribution in [-0.4, -0.2) is 57.8 Å². The van der Waals surface area contributed by atoms with Gasteiger partial charge in [-0.15, -0.1) is 0 Å². The fraction of sp³-hybridized carbons (Fsp3) is 0.310. The van der Waals surface area contributed by atoms with Gasteiger partial charge in [-0.25, -0.2) is 12.8 Å². The van der Waals surface area contributed by atoms with E-state index in [0.29, 0.717) is 22.7 Å². The summed E-state index contributed by atoms with van der Waals surface area (Å²) in [6.45, 7) is 0.186. The van der Waals surface area contributed by atoms with E-state index in [1.165, 1.54) is 28.4 Å². The highest BCUT2D eigenvalue weighted by molar-refractivity contribution is 7.92. The summed E-state index contributed by atoms with van der Waals surface area (Å²) in [6, 6.07) is 19.1. The number of benzene rings is 3. The number of likely N-dealkylation sites (N-methyl/N-ethyl adjacent to an activating group) is 1. The minimum absolute atomic E-state index is 0.0138. The Labute approximate surface area is 233 Å². The van der Waals surface area contributed by atoms with Gasteiger partial charge in [0.15, 0.2) is 11.5 Å². The van der Waals surface area contributed by atoms with Crippen LogP contribution in [0.3, 0.4) is 0 Å². The van der Waals surface area contributed by atoms with Crippen molar-refractivity contribution in [1.82, 2.24) is 10.2 Å². The normalized spacial score (nSPS) is 13.0. The molecule has 9 nitrogen and oxygen atoms in total. The van der Waals surface area contributed by atoms with Gasteiger partial charge in [-0.2, -0.15) is 0 Å². The highest BCUT2D eigenvalue weighted by Crippen LogP contribution is 2.36. The number of sulfonamides is 1. The van der Waals surface area contributed by atoms with Crippen LogP contribution in [0.2, 0.25) is 0 Å². The van der Waals surface area contributed by atoms with E-state index in [9.17, 15) is 22.4 Å². The molecule has 1 atom stereocenters. The number of carbonyl (C=O) groups excluding carboxylic acids is 2. The van der Waals surface area contributed by atoms with Gasteiger partial charge in [-0.05, 0) is 41.8 Å². The van der Waals surface area contributed by atoms with Gasteiger partial charge in [0.2, 0.25) is 28.6 Å². The first-order chi connectivity index (χ1) is 19.2. The number of fused-ring (bicyclic) bond motifs is 1. The average molecular weight is 570 g/mol. The van der Waals surface area contributed by atoms with Gasteiger partial charge in [0.05, 0.1) is 11.9 Å². The molecule has 1 N–H and O–H groups in total. The molecule has 0 radical (unpaired) electrons. The van der Waals surface area contributed by atoms with Crippen molar-refractivity contribution in [3.8, 4) is 11.5 Å². The zero-order valence-electron chi connectivity index (χ0n) is 22.4. The number of nitrogens with zero attached hydrogens (tertiary/aromatic N) is 2. The number of rotatable bonds is 12. The molecule has 4 rings (SSSR count). The highest BCUT2D eigenvalue weighted by atomic mass is 32.2. The van der Waals surface area contributed by atoms with Crippen molar-refractivity contribution in [3.05, 3.63) is 89.7 Å². The van der Waals surface area contributed by atoms with Crippen molar-refractivity contribution < 1.29 is 31.9 Å². The van der Waals surface area contributed by atoms with Gasteiger partial charge in [-0.1, -0.05) is 42.5 Å². The first-order valence-electron chi connectivity index (χ1n) is 12.8. The van der Waals surface area contributed by atoms with Crippen LogP contribution < -0.4 is 19.1 Å². The molecule has 1 unspecified atom stereocenters. The summed E-state index contributed by atoms with van der Waals surface area (Å²) in [6.07, 6.45) is 1.56. The van der Waals surface area contributed by atoms with Crippen molar-refractivity contribution >= 4 is 27.5 Å². The van der Waals surface area contributed by atoms with E-state index in [4.69, 9.17) is 9.47 Å². The minimum atomic E-state index is -3.67. The van der Waals surface area contributed by atoms with Crippen LogP contribution in [0.1, 0.15) is 24.0 Å². The van der Waals surface area contributed by atoms with Gasteiger partial charge in [0.1, 0.15) is 11.9 Å². The van der Waals surface area contributed by atoms with Gasteiger partial charge < -0.3 is 19.7 Å². The molecule has 1 aliphatic rings. The van der Waals surface area contributed by atoms with Crippen molar-refractivity contribution in [2.24, 2.45) is 0 Å². The number of amides is 2. The van der Waals surface area contributed by atoms with E-state index in [1.54, 1.807) is 30.3 Å². The number of nitrogens with one attached hydrogen (secondary N) is 1. The van der Waals surface area contributed by atoms with Crippen molar-refractivity contribution in [3.63, 3.8) is 0 Å². The fourth-order valence-electron chi connectivity index (χ4n) is 4.55. The Balaban J connectivity index is 1.54. The molecule has 0 saturated heterocycles. The topological polar surface area (TPSA) is 105 Å². The molecular formula is C29H32FN3O6S. The zero-order chi connectivity index (χ0) is 28.7. The van der Waals surface area contributed by atoms with Crippen molar-refractivity contribution in [2.75, 3.05) is 30.9 Å². The largest absolute Gasteiger partial charge is 0.454 e. The van der Waals surface area contributed by atoms with Crippen LogP contribution in [0.25, 0.3) is 0 Å². The summed E-state index contributed by atoms with van der Waals surface area (Å²) >= 11 is 0. The molecule has 3 aromatic rings. The summed E-state index contributed by atoms with van der Waals surface area (Å²) in [4.78, 5) is 28.2. The Morgan fingerprint density at radius 3 is 2.35 bits per heavy atom. The fourth-order valence-corrected chi connectivity index (χ4v) is 5.51. The summed E-state index contributed by atoms with van der Waals surface area (Å²) in [5.41, 5.74) is 1.93. The van der Waals surface area contributed by atoms with Crippen molar-refractivity contribution in [2.45, 2.75) is 31.8 Å². The lowest BCUT2D eigenvalue weighted by molar-refractivity contribution is -0.141. The summed E-state index contributed by atoms with van der Waals surface area (Å²) in [7, 11) is -2.16. The first-order valence-corrected chi connectivity index (χ1v) is 14.7. The molecule has 0 spiro atoms. The molecule has 0 bridgehead atoms. The number of anilines is 1. The molecule has 0 saturated carbocycles. The number of hydrogen-bond acceptors (Lipinski definition) is 6. The van der Waals surface area contributed by atoms with E-state index >= 15 is 0 Å². The molecule has 0 fully saturated rings. The van der Waals surface area contributed by atoms with Crippen LogP contribution >= 0.6 is 0 Å². The van der Waals surface area contributed by atoms with Gasteiger partial charge in [-0.3, -0.25) is 13.9 Å². The number of ether oxygens (including phenoxy) is 2. The Hall–Kier alpha value is -4.12. The third-order valence-electron chi connectivity index (χ3n) is 6.58. The van der Waals surface area contributed by atoms with Gasteiger partial charge >= 0.3 is 0 Å². The third kappa shape index (κ3) is 7.29. The van der Waals surface area contributed by atoms with Gasteiger partial charge in [0.25, 0.3) is 0 Å². The Morgan fingerprint density at radius 1 is 0.975 bits per heavy atom. The molecule has 40 heavy (non-hydrogen) atoms. The minimum Gasteiger partial charge on any atom is -0.454 e. The second-order valence-corrected chi connectivity index (χ2v) is 11.4. The highest BCUT2D eigenvalue weighted by Gasteiger charge is 2.30. The van der Waals surface area contributed by atoms with Crippen LogP contribution in [-0.2, 0) is 32.6 Å². The molecule has 11 heteroatoms. The quantitative estimate of drug-likeness (QED) is 0.358. The Morgan fingerprint density at radius 2 is 1.68 bits per heavy atom. The lowest BCUT2D eigenvalue weighted by Gasteiger charge is -2.31. The maximum absolute atomic E-state index is 13.7. The van der Waals surface area contributed by atoms with E-state index in [0.717, 1.165) is 11.8 Å². The second-order valence-electron chi connectivity index (χ2n) is 9.44. The first kappa shape index (κ1) is 28.9. The van der Waals surface area contributed by atoms with Crippen LogP contribution in [0.5, 0.6) is 11.5 Å². The third-order valence-corrected chi connectivity index (χ3v) is 7.77. The molecule has 0 aromatic heterocycles. The summed E-state index contributed by atoms with van der Waals surface area (Å²) < 4.78 is 50.7. The molecule has 212 valence electrons. The maximum atomic E-state index is 13.7. The molecule has 1 heterocycles. The molecule has 2 amide bonds. The Bertz CT molecular complexity index is 1430. The standard InChI is InChI=1S/C29H32FN3O6S/c1-31-29(35)25(17-21-7-4-3-5-8-21)32(19-22-10-12-23(30)13-11-22)28(34)9-6-16-33(40(2,36)37)24-14-15-26-27(18-24)39-20-38-26/h3-5,7-8,10-15,18,25H,6,9,16-17,19-20H2,1-2H3,(H,31,35).